The van der Waals surface area contributed by atoms with Crippen LogP contribution in [-0.2, 0) is 5.54 Å². The number of rotatable bonds is 4. The summed E-state index contributed by atoms with van der Waals surface area (Å²) in [6, 6.07) is 11.9. The van der Waals surface area contributed by atoms with Crippen LogP contribution in [0.5, 0.6) is 0 Å². The summed E-state index contributed by atoms with van der Waals surface area (Å²) in [5, 5.41) is 3.99. The predicted molar refractivity (Wildman–Crippen MR) is 76.5 cm³/mol. The zero-order valence-electron chi connectivity index (χ0n) is 11.5. The first-order valence-electron chi connectivity index (χ1n) is 7.62. The zero-order valence-corrected chi connectivity index (χ0v) is 11.5. The minimum atomic E-state index is 0.197. The van der Waals surface area contributed by atoms with Crippen LogP contribution in [-0.4, -0.2) is 6.04 Å². The lowest BCUT2D eigenvalue weighted by molar-refractivity contribution is 0.171. The lowest BCUT2D eigenvalue weighted by Gasteiger charge is -2.43. The van der Waals surface area contributed by atoms with Gasteiger partial charge in [0, 0.05) is 11.6 Å². The minimum absolute atomic E-state index is 0.197. The first kappa shape index (κ1) is 12.2. The van der Waals surface area contributed by atoms with Gasteiger partial charge in [-0.3, -0.25) is 0 Å². The van der Waals surface area contributed by atoms with Gasteiger partial charge in [0.15, 0.2) is 0 Å². The number of nitrogens with one attached hydrogen (secondary N) is 1. The molecule has 1 N–H and O–H groups in total. The van der Waals surface area contributed by atoms with Crippen LogP contribution < -0.4 is 5.32 Å². The van der Waals surface area contributed by atoms with Gasteiger partial charge in [-0.05, 0) is 44.1 Å². The van der Waals surface area contributed by atoms with E-state index in [1.54, 1.807) is 0 Å². The fraction of sp³-hybridized carbons (Fsp3) is 0.647. The standard InChI is InChI=1S/C17H25N/c1-17(15-10-5-6-11-15,18-16-12-7-13-16)14-8-3-2-4-9-14/h2-4,8-9,15-16,18H,5-7,10-13H2,1H3. The molecular formula is C17H25N. The molecule has 2 aliphatic carbocycles. The highest BCUT2D eigenvalue weighted by Crippen LogP contribution is 2.41. The molecule has 98 valence electrons. The molecule has 0 aliphatic heterocycles. The molecule has 0 spiro atoms. The summed E-state index contributed by atoms with van der Waals surface area (Å²) in [5.41, 5.74) is 1.69. The molecule has 2 fully saturated rings. The smallest absolute Gasteiger partial charge is 0.0436 e. The summed E-state index contributed by atoms with van der Waals surface area (Å²) in [6.07, 6.45) is 9.77. The summed E-state index contributed by atoms with van der Waals surface area (Å²) >= 11 is 0. The molecule has 1 aromatic rings. The molecule has 0 amide bonds. The summed E-state index contributed by atoms with van der Waals surface area (Å²) in [5.74, 6) is 0.820. The Hall–Kier alpha value is -0.820. The third-order valence-corrected chi connectivity index (χ3v) is 5.15. The molecule has 2 aliphatic rings. The molecule has 1 aromatic carbocycles. The second kappa shape index (κ2) is 5.05. The Morgan fingerprint density at radius 3 is 2.17 bits per heavy atom. The summed E-state index contributed by atoms with van der Waals surface area (Å²) in [4.78, 5) is 0. The topological polar surface area (TPSA) is 12.0 Å². The Morgan fingerprint density at radius 1 is 0.944 bits per heavy atom. The summed E-state index contributed by atoms with van der Waals surface area (Å²) in [6.45, 7) is 2.44. The predicted octanol–water partition coefficient (Wildman–Crippen LogP) is 4.23. The van der Waals surface area contributed by atoms with Crippen molar-refractivity contribution in [2.75, 3.05) is 0 Å². The Bertz CT molecular complexity index is 376. The molecule has 1 heteroatoms. The first-order valence-corrected chi connectivity index (χ1v) is 7.62. The Kier molecular flexibility index (Phi) is 3.43. The van der Waals surface area contributed by atoms with Crippen molar-refractivity contribution in [3.63, 3.8) is 0 Å². The molecule has 0 heterocycles. The lowest BCUT2D eigenvalue weighted by Crippen LogP contribution is -2.52. The fourth-order valence-corrected chi connectivity index (χ4v) is 3.70. The number of hydrogen-bond acceptors (Lipinski definition) is 1. The van der Waals surface area contributed by atoms with Crippen molar-refractivity contribution in [2.45, 2.75) is 63.5 Å². The van der Waals surface area contributed by atoms with Crippen molar-refractivity contribution in [3.05, 3.63) is 35.9 Å². The van der Waals surface area contributed by atoms with Crippen LogP contribution in [0, 0.1) is 5.92 Å². The van der Waals surface area contributed by atoms with Crippen molar-refractivity contribution in [1.82, 2.24) is 5.32 Å². The SMILES string of the molecule is CC(NC1CCC1)(c1ccccc1)C1CCCC1. The molecule has 1 unspecified atom stereocenters. The molecule has 3 rings (SSSR count). The molecule has 0 radical (unpaired) electrons. The van der Waals surface area contributed by atoms with Crippen molar-refractivity contribution in [3.8, 4) is 0 Å². The van der Waals surface area contributed by atoms with E-state index in [0.29, 0.717) is 0 Å². The van der Waals surface area contributed by atoms with Crippen molar-refractivity contribution < 1.29 is 0 Å². The van der Waals surface area contributed by atoms with Crippen LogP contribution >= 0.6 is 0 Å². The van der Waals surface area contributed by atoms with Gasteiger partial charge in [-0.2, -0.15) is 0 Å². The Morgan fingerprint density at radius 2 is 1.61 bits per heavy atom. The van der Waals surface area contributed by atoms with Gasteiger partial charge in [0.1, 0.15) is 0 Å². The van der Waals surface area contributed by atoms with Gasteiger partial charge in [0.05, 0.1) is 0 Å². The highest BCUT2D eigenvalue weighted by molar-refractivity contribution is 5.25. The van der Waals surface area contributed by atoms with Gasteiger partial charge in [0.25, 0.3) is 0 Å². The van der Waals surface area contributed by atoms with E-state index >= 15 is 0 Å². The number of hydrogen-bond donors (Lipinski definition) is 1. The Labute approximate surface area is 111 Å². The van der Waals surface area contributed by atoms with Gasteiger partial charge in [-0.1, -0.05) is 49.6 Å². The van der Waals surface area contributed by atoms with Gasteiger partial charge >= 0.3 is 0 Å². The molecule has 0 saturated heterocycles. The second-order valence-electron chi connectivity index (χ2n) is 6.32. The quantitative estimate of drug-likeness (QED) is 0.834. The minimum Gasteiger partial charge on any atom is -0.305 e. The van der Waals surface area contributed by atoms with Gasteiger partial charge in [-0.15, -0.1) is 0 Å². The largest absolute Gasteiger partial charge is 0.305 e. The molecular weight excluding hydrogens is 218 g/mol. The zero-order chi connectivity index (χ0) is 12.4. The van der Waals surface area contributed by atoms with Crippen LogP contribution in [0.2, 0.25) is 0 Å². The maximum atomic E-state index is 3.99. The van der Waals surface area contributed by atoms with E-state index in [0.717, 1.165) is 12.0 Å². The maximum Gasteiger partial charge on any atom is 0.0436 e. The molecule has 1 atom stereocenters. The van der Waals surface area contributed by atoms with E-state index in [9.17, 15) is 0 Å². The van der Waals surface area contributed by atoms with Crippen LogP contribution in [0.15, 0.2) is 30.3 Å². The highest BCUT2D eigenvalue weighted by Gasteiger charge is 2.39. The van der Waals surface area contributed by atoms with E-state index < -0.39 is 0 Å². The van der Waals surface area contributed by atoms with Crippen LogP contribution in [0.25, 0.3) is 0 Å². The van der Waals surface area contributed by atoms with Crippen molar-refractivity contribution in [2.24, 2.45) is 5.92 Å². The van der Waals surface area contributed by atoms with E-state index in [4.69, 9.17) is 0 Å². The molecule has 2 saturated carbocycles. The first-order chi connectivity index (χ1) is 8.79. The van der Waals surface area contributed by atoms with Gasteiger partial charge in [0.2, 0.25) is 0 Å². The summed E-state index contributed by atoms with van der Waals surface area (Å²) in [7, 11) is 0. The van der Waals surface area contributed by atoms with Crippen molar-refractivity contribution >= 4 is 0 Å². The maximum absolute atomic E-state index is 3.99. The van der Waals surface area contributed by atoms with Gasteiger partial charge < -0.3 is 5.32 Å². The van der Waals surface area contributed by atoms with E-state index in [2.05, 4.69) is 42.6 Å². The third kappa shape index (κ3) is 2.21. The third-order valence-electron chi connectivity index (χ3n) is 5.15. The van der Waals surface area contributed by atoms with Crippen LogP contribution in [0.1, 0.15) is 57.4 Å². The average Bonchev–Trinajstić information content (AvgIpc) is 2.89. The monoisotopic (exact) mass is 243 g/mol. The van der Waals surface area contributed by atoms with E-state index in [-0.39, 0.29) is 5.54 Å². The van der Waals surface area contributed by atoms with E-state index in [1.807, 2.05) is 0 Å². The highest BCUT2D eigenvalue weighted by atomic mass is 15.0. The summed E-state index contributed by atoms with van der Waals surface area (Å²) < 4.78 is 0. The Balaban J connectivity index is 1.86. The fourth-order valence-electron chi connectivity index (χ4n) is 3.70. The lowest BCUT2D eigenvalue weighted by atomic mass is 9.76. The average molecular weight is 243 g/mol. The second-order valence-corrected chi connectivity index (χ2v) is 6.32. The normalized spacial score (nSPS) is 24.7. The van der Waals surface area contributed by atoms with Gasteiger partial charge in [-0.25, -0.2) is 0 Å². The van der Waals surface area contributed by atoms with E-state index in [1.165, 1.54) is 50.5 Å². The number of benzene rings is 1. The van der Waals surface area contributed by atoms with Crippen LogP contribution in [0.4, 0.5) is 0 Å². The molecule has 0 bridgehead atoms. The molecule has 0 aromatic heterocycles. The molecule has 1 nitrogen and oxygen atoms in total. The molecule has 18 heavy (non-hydrogen) atoms. The van der Waals surface area contributed by atoms with Crippen LogP contribution in [0.3, 0.4) is 0 Å². The van der Waals surface area contributed by atoms with Crippen molar-refractivity contribution in [1.29, 1.82) is 0 Å².